The average molecular weight is 308 g/mol. The number of primary amides is 1. The van der Waals surface area contributed by atoms with Gasteiger partial charge >= 0.3 is 5.97 Å². The minimum absolute atomic E-state index is 0.0915. The van der Waals surface area contributed by atoms with E-state index in [4.69, 9.17) is 10.8 Å². The molecule has 0 radical (unpaired) electrons. The van der Waals surface area contributed by atoms with Crippen LogP contribution >= 0.6 is 0 Å². The first kappa shape index (κ1) is 17.2. The van der Waals surface area contributed by atoms with Crippen LogP contribution in [0.5, 0.6) is 0 Å². The van der Waals surface area contributed by atoms with Gasteiger partial charge in [0.15, 0.2) is 0 Å². The summed E-state index contributed by atoms with van der Waals surface area (Å²) in [5.41, 5.74) is 3.16. The van der Waals surface area contributed by atoms with E-state index in [1.807, 2.05) is 0 Å². The van der Waals surface area contributed by atoms with Crippen molar-refractivity contribution in [3.63, 3.8) is 0 Å². The van der Waals surface area contributed by atoms with E-state index in [9.17, 15) is 19.7 Å². The Bertz CT molecular complexity index is 656. The monoisotopic (exact) mass is 308 g/mol. The number of aromatic nitrogens is 1. The molecule has 118 valence electrons. The van der Waals surface area contributed by atoms with Crippen LogP contribution in [-0.4, -0.2) is 38.6 Å². The van der Waals surface area contributed by atoms with Gasteiger partial charge in [0.2, 0.25) is 5.91 Å². The van der Waals surface area contributed by atoms with Crippen LogP contribution in [-0.2, 0) is 4.79 Å². The van der Waals surface area contributed by atoms with Gasteiger partial charge in [0.25, 0.3) is 5.69 Å². The van der Waals surface area contributed by atoms with Crippen molar-refractivity contribution in [1.29, 1.82) is 0 Å². The molecule has 0 aromatic carbocycles. The predicted octanol–water partition coefficient (Wildman–Crippen LogP) is 1.01. The van der Waals surface area contributed by atoms with E-state index in [1.165, 1.54) is 6.92 Å². The highest BCUT2D eigenvalue weighted by molar-refractivity contribution is 5.98. The van der Waals surface area contributed by atoms with Crippen LogP contribution in [0.1, 0.15) is 36.8 Å². The Balaban J connectivity index is 3.33. The molecule has 1 atom stereocenters. The number of hydrogen-bond donors (Lipinski definition) is 2. The van der Waals surface area contributed by atoms with Crippen molar-refractivity contribution < 1.29 is 19.6 Å². The lowest BCUT2D eigenvalue weighted by molar-refractivity contribution is -0.385. The van der Waals surface area contributed by atoms with Crippen LogP contribution in [0, 0.1) is 16.0 Å². The smallest absolute Gasteiger partial charge is 0.338 e. The van der Waals surface area contributed by atoms with E-state index >= 15 is 0 Å². The number of carbonyl (C=O) groups is 2. The molecular formula is C13H16N4O5. The van der Waals surface area contributed by atoms with Gasteiger partial charge in [-0.05, 0) is 12.8 Å². The van der Waals surface area contributed by atoms with Crippen molar-refractivity contribution in [3.8, 4) is 0 Å². The number of carbonyl (C=O) groups excluding carboxylic acids is 1. The second-order valence-electron chi connectivity index (χ2n) is 5.11. The molecule has 0 aliphatic rings. The summed E-state index contributed by atoms with van der Waals surface area (Å²) in [6, 6.07) is 0.883. The van der Waals surface area contributed by atoms with Crippen molar-refractivity contribution in [2.24, 2.45) is 16.6 Å². The Morgan fingerprint density at radius 3 is 2.55 bits per heavy atom. The number of nitro groups is 1. The molecule has 1 rings (SSSR count). The fourth-order valence-electron chi connectivity index (χ4n) is 1.53. The van der Waals surface area contributed by atoms with Gasteiger partial charge in [-0.15, -0.1) is 0 Å². The summed E-state index contributed by atoms with van der Waals surface area (Å²) in [6.07, 6.45) is 2.02. The number of hydrogen-bond acceptors (Lipinski definition) is 6. The second kappa shape index (κ2) is 6.29. The Morgan fingerprint density at radius 2 is 2.14 bits per heavy atom. The fourth-order valence-corrected chi connectivity index (χ4v) is 1.53. The maximum atomic E-state index is 11.5. The van der Waals surface area contributed by atoms with E-state index in [0.717, 1.165) is 18.5 Å². The number of carboxylic acids is 1. The first-order chi connectivity index (χ1) is 10.1. The SMILES string of the molecule is CC(C)C(C)(N=Cc1ncc([N+](=O)[O-])cc1C(=O)O)C(N)=O. The third-order valence-electron chi connectivity index (χ3n) is 3.42. The lowest BCUT2D eigenvalue weighted by Gasteiger charge is -2.25. The van der Waals surface area contributed by atoms with E-state index in [-0.39, 0.29) is 17.2 Å². The molecule has 0 aliphatic carbocycles. The quantitative estimate of drug-likeness (QED) is 0.455. The first-order valence-corrected chi connectivity index (χ1v) is 6.32. The lowest BCUT2D eigenvalue weighted by Crippen LogP contribution is -2.44. The summed E-state index contributed by atoms with van der Waals surface area (Å²) in [6.45, 7) is 5.00. The van der Waals surface area contributed by atoms with Gasteiger partial charge in [-0.3, -0.25) is 19.9 Å². The molecule has 1 aromatic heterocycles. The Kier molecular flexibility index (Phi) is 4.92. The number of nitrogens with zero attached hydrogens (tertiary/aromatic N) is 3. The Labute approximate surface area is 126 Å². The van der Waals surface area contributed by atoms with Gasteiger partial charge in [-0.2, -0.15) is 0 Å². The van der Waals surface area contributed by atoms with Crippen LogP contribution in [0.2, 0.25) is 0 Å². The summed E-state index contributed by atoms with van der Waals surface area (Å²) in [5, 5.41) is 19.8. The van der Waals surface area contributed by atoms with Gasteiger partial charge in [0.1, 0.15) is 11.7 Å². The summed E-state index contributed by atoms with van der Waals surface area (Å²) in [7, 11) is 0. The molecule has 0 spiro atoms. The van der Waals surface area contributed by atoms with Crippen LogP contribution in [0.15, 0.2) is 17.3 Å². The topological polar surface area (TPSA) is 149 Å². The largest absolute Gasteiger partial charge is 0.478 e. The number of aliphatic imine (C=N–C) groups is 1. The fraction of sp³-hybridized carbons (Fsp3) is 0.385. The van der Waals surface area contributed by atoms with Crippen LogP contribution in [0.3, 0.4) is 0 Å². The summed E-state index contributed by atoms with van der Waals surface area (Å²) >= 11 is 0. The highest BCUT2D eigenvalue weighted by Crippen LogP contribution is 2.21. The van der Waals surface area contributed by atoms with Crippen LogP contribution in [0.4, 0.5) is 5.69 Å². The van der Waals surface area contributed by atoms with E-state index in [2.05, 4.69) is 9.98 Å². The standard InChI is InChI=1S/C13H16N4O5/c1-7(2)13(3,12(14)20)16-6-10-9(11(18)19)4-8(5-15-10)17(21)22/h4-7H,1-3H3,(H2,14,20)(H,18,19). The van der Waals surface area contributed by atoms with Crippen molar-refractivity contribution >= 4 is 23.8 Å². The molecule has 1 amide bonds. The molecule has 22 heavy (non-hydrogen) atoms. The minimum Gasteiger partial charge on any atom is -0.478 e. The first-order valence-electron chi connectivity index (χ1n) is 6.32. The molecule has 0 saturated carbocycles. The normalized spacial score (nSPS) is 14.0. The zero-order chi connectivity index (χ0) is 17.1. The third kappa shape index (κ3) is 3.43. The maximum Gasteiger partial charge on any atom is 0.338 e. The van der Waals surface area contributed by atoms with Crippen molar-refractivity contribution in [2.45, 2.75) is 26.3 Å². The highest BCUT2D eigenvalue weighted by Gasteiger charge is 2.33. The van der Waals surface area contributed by atoms with Crippen molar-refractivity contribution in [3.05, 3.63) is 33.6 Å². The van der Waals surface area contributed by atoms with Gasteiger partial charge in [0.05, 0.1) is 16.2 Å². The number of pyridine rings is 1. The molecule has 0 fully saturated rings. The Morgan fingerprint density at radius 1 is 1.55 bits per heavy atom. The van der Waals surface area contributed by atoms with Gasteiger partial charge in [0, 0.05) is 12.3 Å². The van der Waals surface area contributed by atoms with Crippen molar-refractivity contribution in [2.75, 3.05) is 0 Å². The Hall–Kier alpha value is -2.84. The van der Waals surface area contributed by atoms with Crippen molar-refractivity contribution in [1.82, 2.24) is 4.98 Å². The zero-order valence-electron chi connectivity index (χ0n) is 12.3. The van der Waals surface area contributed by atoms with E-state index in [0.29, 0.717) is 0 Å². The number of rotatable bonds is 6. The molecule has 9 nitrogen and oxygen atoms in total. The molecule has 1 heterocycles. The van der Waals surface area contributed by atoms with E-state index in [1.54, 1.807) is 13.8 Å². The zero-order valence-corrected chi connectivity index (χ0v) is 12.3. The van der Waals surface area contributed by atoms with Crippen LogP contribution in [0.25, 0.3) is 0 Å². The molecule has 1 unspecified atom stereocenters. The minimum atomic E-state index is -1.39. The molecule has 3 N–H and O–H groups in total. The molecule has 9 heteroatoms. The highest BCUT2D eigenvalue weighted by atomic mass is 16.6. The number of aromatic carboxylic acids is 1. The lowest BCUT2D eigenvalue weighted by atomic mass is 9.88. The number of amides is 1. The molecular weight excluding hydrogens is 292 g/mol. The predicted molar refractivity (Wildman–Crippen MR) is 77.9 cm³/mol. The number of carboxylic acid groups (broad SMARTS) is 1. The second-order valence-corrected chi connectivity index (χ2v) is 5.11. The third-order valence-corrected chi connectivity index (χ3v) is 3.42. The average Bonchev–Trinajstić information content (AvgIpc) is 2.43. The molecule has 0 saturated heterocycles. The maximum absolute atomic E-state index is 11.5. The summed E-state index contributed by atoms with van der Waals surface area (Å²) in [5.74, 6) is -2.28. The van der Waals surface area contributed by atoms with Gasteiger partial charge < -0.3 is 10.8 Å². The van der Waals surface area contributed by atoms with E-state index < -0.39 is 28.0 Å². The molecule has 0 bridgehead atoms. The molecule has 0 aliphatic heterocycles. The van der Waals surface area contributed by atoms with Gasteiger partial charge in [-0.1, -0.05) is 13.8 Å². The molecule has 1 aromatic rings. The van der Waals surface area contributed by atoms with Gasteiger partial charge in [-0.25, -0.2) is 9.78 Å². The number of nitrogens with two attached hydrogens (primary N) is 1. The summed E-state index contributed by atoms with van der Waals surface area (Å²) in [4.78, 5) is 40.4. The van der Waals surface area contributed by atoms with Crippen LogP contribution < -0.4 is 5.73 Å². The summed E-state index contributed by atoms with van der Waals surface area (Å²) < 4.78 is 0.